The molecule has 0 atom stereocenters. The van der Waals surface area contributed by atoms with E-state index in [1.165, 1.54) is 99.0 Å². The number of aromatic nitrogens is 1. The monoisotopic (exact) mass is 701 g/mol. The fourth-order valence-electron chi connectivity index (χ4n) is 8.53. The number of fused-ring (bicyclic) bond motifs is 5. The molecule has 1 aromatic heterocycles. The summed E-state index contributed by atoms with van der Waals surface area (Å²) in [5, 5.41) is 7.57. The van der Waals surface area contributed by atoms with E-state index in [1.54, 1.807) is 0 Å². The number of rotatable bonds is 6. The van der Waals surface area contributed by atoms with Gasteiger partial charge in [-0.05, 0) is 134 Å². The average molecular weight is 702 g/mol. The summed E-state index contributed by atoms with van der Waals surface area (Å²) in [5.74, 6) is 0. The standard InChI is InChI=1S/C54H39N/c1-3-36(2)40-27-31-48-50(34-40)54(38-17-8-5-9-18-38)47-23-11-10-22-46(47)53(48)39-25-29-44(30-26-39)55-51-24-13-12-21-45(51)49-35-43(28-32-52(49)55)42-20-14-19-41(33-42)37-15-6-4-7-16-37/h3-35H,1-2H3/b36-3-. The second kappa shape index (κ2) is 13.5. The fourth-order valence-corrected chi connectivity index (χ4v) is 8.53. The van der Waals surface area contributed by atoms with Crippen molar-refractivity contribution in [2.45, 2.75) is 13.8 Å². The van der Waals surface area contributed by atoms with E-state index in [1.807, 2.05) is 0 Å². The molecule has 10 rings (SSSR count). The molecular weight excluding hydrogens is 663 g/mol. The van der Waals surface area contributed by atoms with Crippen LogP contribution >= 0.6 is 0 Å². The normalized spacial score (nSPS) is 11.9. The molecule has 0 spiro atoms. The Morgan fingerprint density at radius 1 is 0.364 bits per heavy atom. The van der Waals surface area contributed by atoms with Gasteiger partial charge in [0, 0.05) is 16.5 Å². The summed E-state index contributed by atoms with van der Waals surface area (Å²) in [6, 6.07) is 71.2. The maximum Gasteiger partial charge on any atom is 0.0541 e. The highest BCUT2D eigenvalue weighted by Crippen LogP contribution is 2.45. The minimum atomic E-state index is 1.15. The molecule has 55 heavy (non-hydrogen) atoms. The fraction of sp³-hybridized carbons (Fsp3) is 0.0370. The van der Waals surface area contributed by atoms with Crippen molar-refractivity contribution >= 4 is 48.9 Å². The Balaban J connectivity index is 1.13. The first-order valence-corrected chi connectivity index (χ1v) is 19.1. The Morgan fingerprint density at radius 3 is 1.58 bits per heavy atom. The lowest BCUT2D eigenvalue weighted by Crippen LogP contribution is -1.95. The van der Waals surface area contributed by atoms with Gasteiger partial charge in [-0.25, -0.2) is 0 Å². The van der Waals surface area contributed by atoms with E-state index in [4.69, 9.17) is 0 Å². The van der Waals surface area contributed by atoms with Crippen molar-refractivity contribution < 1.29 is 0 Å². The number of nitrogens with zero attached hydrogens (tertiary/aromatic N) is 1. The number of benzene rings is 9. The molecule has 0 N–H and O–H groups in total. The van der Waals surface area contributed by atoms with Crippen molar-refractivity contribution in [1.29, 1.82) is 0 Å². The molecule has 0 fully saturated rings. The Labute approximate surface area is 322 Å². The lowest BCUT2D eigenvalue weighted by Gasteiger charge is -2.19. The lowest BCUT2D eigenvalue weighted by atomic mass is 9.85. The van der Waals surface area contributed by atoms with Crippen LogP contribution in [0.4, 0.5) is 0 Å². The summed E-state index contributed by atoms with van der Waals surface area (Å²) in [4.78, 5) is 0. The summed E-state index contributed by atoms with van der Waals surface area (Å²) in [6.07, 6.45) is 2.20. The number of allylic oxidation sites excluding steroid dienone is 2. The van der Waals surface area contributed by atoms with E-state index in [-0.39, 0.29) is 0 Å². The van der Waals surface area contributed by atoms with E-state index in [2.05, 4.69) is 219 Å². The first kappa shape index (κ1) is 32.7. The molecule has 0 radical (unpaired) electrons. The third kappa shape index (κ3) is 5.56. The lowest BCUT2D eigenvalue weighted by molar-refractivity contribution is 1.18. The second-order valence-electron chi connectivity index (χ2n) is 14.5. The zero-order valence-corrected chi connectivity index (χ0v) is 31.0. The molecule has 1 heteroatoms. The van der Waals surface area contributed by atoms with Gasteiger partial charge in [0.1, 0.15) is 0 Å². The van der Waals surface area contributed by atoms with Crippen LogP contribution in [0.25, 0.3) is 99.1 Å². The Bertz CT molecular complexity index is 3070. The highest BCUT2D eigenvalue weighted by atomic mass is 15.0. The van der Waals surface area contributed by atoms with Gasteiger partial charge < -0.3 is 4.57 Å². The van der Waals surface area contributed by atoms with Crippen LogP contribution < -0.4 is 0 Å². The summed E-state index contributed by atoms with van der Waals surface area (Å²) < 4.78 is 2.42. The maximum atomic E-state index is 2.42. The van der Waals surface area contributed by atoms with Crippen molar-refractivity contribution in [3.63, 3.8) is 0 Å². The first-order valence-electron chi connectivity index (χ1n) is 19.1. The van der Waals surface area contributed by atoms with Crippen LogP contribution in [-0.2, 0) is 0 Å². The van der Waals surface area contributed by atoms with Crippen LogP contribution in [0.1, 0.15) is 19.4 Å². The molecule has 260 valence electrons. The highest BCUT2D eigenvalue weighted by molar-refractivity contribution is 6.22. The molecule has 0 unspecified atom stereocenters. The predicted octanol–water partition coefficient (Wildman–Crippen LogP) is 15.2. The average Bonchev–Trinajstić information content (AvgIpc) is 3.59. The van der Waals surface area contributed by atoms with Crippen molar-refractivity contribution in [1.82, 2.24) is 4.57 Å². The van der Waals surface area contributed by atoms with Gasteiger partial charge in [-0.1, -0.05) is 158 Å². The van der Waals surface area contributed by atoms with Crippen LogP contribution in [0.15, 0.2) is 200 Å². The van der Waals surface area contributed by atoms with E-state index < -0.39 is 0 Å². The molecule has 0 saturated heterocycles. The molecule has 9 aromatic carbocycles. The van der Waals surface area contributed by atoms with Gasteiger partial charge in [0.25, 0.3) is 0 Å². The number of hydrogen-bond donors (Lipinski definition) is 0. The third-order valence-corrected chi connectivity index (χ3v) is 11.4. The van der Waals surface area contributed by atoms with Crippen molar-refractivity contribution in [3.05, 3.63) is 206 Å². The summed E-state index contributed by atoms with van der Waals surface area (Å²) in [5.41, 5.74) is 16.0. The van der Waals surface area contributed by atoms with Crippen LogP contribution in [-0.4, -0.2) is 4.57 Å². The van der Waals surface area contributed by atoms with Crippen LogP contribution in [0.3, 0.4) is 0 Å². The summed E-state index contributed by atoms with van der Waals surface area (Å²) in [7, 11) is 0. The molecule has 0 aliphatic heterocycles. The molecule has 0 aliphatic carbocycles. The molecule has 1 heterocycles. The van der Waals surface area contributed by atoms with Gasteiger partial charge in [-0.2, -0.15) is 0 Å². The van der Waals surface area contributed by atoms with Crippen LogP contribution in [0.5, 0.6) is 0 Å². The molecule has 10 aromatic rings. The second-order valence-corrected chi connectivity index (χ2v) is 14.5. The van der Waals surface area contributed by atoms with Gasteiger partial charge >= 0.3 is 0 Å². The zero-order chi connectivity index (χ0) is 36.9. The first-order chi connectivity index (χ1) is 27.2. The molecule has 0 bridgehead atoms. The Hall–Kier alpha value is -6.96. The Morgan fingerprint density at radius 2 is 0.873 bits per heavy atom. The molecule has 0 aliphatic rings. The quantitative estimate of drug-likeness (QED) is 0.152. The summed E-state index contributed by atoms with van der Waals surface area (Å²) >= 11 is 0. The minimum absolute atomic E-state index is 1.15. The summed E-state index contributed by atoms with van der Waals surface area (Å²) in [6.45, 7) is 4.31. The van der Waals surface area contributed by atoms with Gasteiger partial charge in [-0.15, -0.1) is 0 Å². The van der Waals surface area contributed by atoms with Gasteiger partial charge in [0.2, 0.25) is 0 Å². The molecule has 0 amide bonds. The maximum absolute atomic E-state index is 2.42. The molecule has 0 saturated carbocycles. The third-order valence-electron chi connectivity index (χ3n) is 11.4. The number of hydrogen-bond acceptors (Lipinski definition) is 0. The Kier molecular flexibility index (Phi) is 8.00. The van der Waals surface area contributed by atoms with E-state index in [0.29, 0.717) is 0 Å². The topological polar surface area (TPSA) is 4.93 Å². The smallest absolute Gasteiger partial charge is 0.0541 e. The van der Waals surface area contributed by atoms with Crippen LogP contribution in [0.2, 0.25) is 0 Å². The minimum Gasteiger partial charge on any atom is -0.309 e. The number of para-hydroxylation sites is 1. The van der Waals surface area contributed by atoms with Gasteiger partial charge in [0.05, 0.1) is 11.0 Å². The molecule has 1 nitrogen and oxygen atoms in total. The van der Waals surface area contributed by atoms with E-state index >= 15 is 0 Å². The van der Waals surface area contributed by atoms with Crippen molar-refractivity contribution in [2.75, 3.05) is 0 Å². The van der Waals surface area contributed by atoms with Crippen molar-refractivity contribution in [3.8, 4) is 50.2 Å². The van der Waals surface area contributed by atoms with Crippen LogP contribution in [0, 0.1) is 0 Å². The highest BCUT2D eigenvalue weighted by Gasteiger charge is 2.19. The van der Waals surface area contributed by atoms with Gasteiger partial charge in [0.15, 0.2) is 0 Å². The van der Waals surface area contributed by atoms with Gasteiger partial charge in [-0.3, -0.25) is 0 Å². The largest absolute Gasteiger partial charge is 0.309 e. The predicted molar refractivity (Wildman–Crippen MR) is 237 cm³/mol. The van der Waals surface area contributed by atoms with E-state index in [9.17, 15) is 0 Å². The zero-order valence-electron chi connectivity index (χ0n) is 31.0. The van der Waals surface area contributed by atoms with E-state index in [0.717, 1.165) is 5.69 Å². The molecular formula is C54H39N. The SMILES string of the molecule is C/C=C(/C)c1ccc2c(-c3ccc(-n4c5ccccc5c5cc(-c6cccc(-c7ccccc7)c6)ccc54)cc3)c3ccccc3c(-c3ccccc3)c2c1. The van der Waals surface area contributed by atoms with Crippen molar-refractivity contribution in [2.24, 2.45) is 0 Å².